The molecule has 2 rings (SSSR count). The predicted molar refractivity (Wildman–Crippen MR) is 71.0 cm³/mol. The van der Waals surface area contributed by atoms with Crippen LogP contribution in [0.2, 0.25) is 0 Å². The van der Waals surface area contributed by atoms with Crippen LogP contribution in [0.5, 0.6) is 0 Å². The van der Waals surface area contributed by atoms with Crippen molar-refractivity contribution in [3.05, 3.63) is 36.9 Å². The van der Waals surface area contributed by atoms with Gasteiger partial charge in [-0.1, -0.05) is 0 Å². The molecule has 0 spiro atoms. The molecule has 5 nitrogen and oxygen atoms in total. The van der Waals surface area contributed by atoms with Gasteiger partial charge in [-0.15, -0.1) is 0 Å². The molecule has 98 valence electrons. The van der Waals surface area contributed by atoms with E-state index in [1.165, 1.54) is 5.69 Å². The molecule has 0 aliphatic heterocycles. The topological polar surface area (TPSA) is 47.7 Å². The molecule has 5 heteroatoms. The van der Waals surface area contributed by atoms with Crippen LogP contribution in [-0.4, -0.2) is 24.6 Å². The Morgan fingerprint density at radius 2 is 2.00 bits per heavy atom. The Morgan fingerprint density at radius 3 is 2.67 bits per heavy atom. The minimum Gasteiger partial charge on any atom is -0.336 e. The van der Waals surface area contributed by atoms with Crippen molar-refractivity contribution in [3.63, 3.8) is 0 Å². The molecule has 0 saturated carbocycles. The van der Waals surface area contributed by atoms with E-state index in [-0.39, 0.29) is 5.54 Å². The molecule has 0 amide bonds. The number of nitrogens with one attached hydrogen (secondary N) is 1. The average Bonchev–Trinajstić information content (AvgIpc) is 2.94. The average molecular weight is 247 g/mol. The van der Waals surface area contributed by atoms with E-state index in [0.29, 0.717) is 0 Å². The number of hydrogen-bond acceptors (Lipinski definition) is 3. The Balaban J connectivity index is 1.91. The third kappa shape index (κ3) is 3.70. The lowest BCUT2D eigenvalue weighted by molar-refractivity contribution is 0.413. The molecular weight excluding hydrogens is 226 g/mol. The molecule has 18 heavy (non-hydrogen) atoms. The zero-order chi connectivity index (χ0) is 13.0. The first-order valence-corrected chi connectivity index (χ1v) is 6.24. The van der Waals surface area contributed by atoms with Crippen LogP contribution in [-0.2, 0) is 19.6 Å². The summed E-state index contributed by atoms with van der Waals surface area (Å²) in [6.45, 7) is 9.17. The van der Waals surface area contributed by atoms with Crippen LogP contribution in [0.25, 0.3) is 0 Å². The van der Waals surface area contributed by atoms with Crippen LogP contribution in [0.1, 0.15) is 26.5 Å². The largest absolute Gasteiger partial charge is 0.336 e. The van der Waals surface area contributed by atoms with Crippen LogP contribution in [0.4, 0.5) is 0 Å². The Morgan fingerprint density at radius 1 is 1.17 bits per heavy atom. The van der Waals surface area contributed by atoms with Crippen LogP contribution < -0.4 is 5.32 Å². The number of nitrogens with zero attached hydrogens (tertiary/aromatic N) is 4. The van der Waals surface area contributed by atoms with Gasteiger partial charge in [-0.25, -0.2) is 9.97 Å². The third-order valence-electron chi connectivity index (χ3n) is 2.76. The van der Waals surface area contributed by atoms with Crippen LogP contribution in [0.15, 0.2) is 31.2 Å². The highest BCUT2D eigenvalue weighted by atomic mass is 15.1. The number of hydrogen-bond donors (Lipinski definition) is 1. The van der Waals surface area contributed by atoms with E-state index < -0.39 is 0 Å². The molecule has 0 bridgehead atoms. The molecule has 1 N–H and O–H groups in total. The molecule has 0 unspecified atom stereocenters. The van der Waals surface area contributed by atoms with E-state index in [0.717, 1.165) is 19.6 Å². The molecule has 0 aliphatic rings. The summed E-state index contributed by atoms with van der Waals surface area (Å²) < 4.78 is 4.25. The lowest BCUT2D eigenvalue weighted by Gasteiger charge is -2.21. The first-order chi connectivity index (χ1) is 8.54. The summed E-state index contributed by atoms with van der Waals surface area (Å²) in [7, 11) is 0. The smallest absolute Gasteiger partial charge is 0.0949 e. The van der Waals surface area contributed by atoms with Crippen LogP contribution >= 0.6 is 0 Å². The number of aromatic nitrogens is 4. The SMILES string of the molecule is CC(C)(C)NCc1cncn1CCn1ccnc1. The van der Waals surface area contributed by atoms with Crippen molar-refractivity contribution >= 4 is 0 Å². The second-order valence-corrected chi connectivity index (χ2v) is 5.48. The van der Waals surface area contributed by atoms with Crippen molar-refractivity contribution in [3.8, 4) is 0 Å². The van der Waals surface area contributed by atoms with Gasteiger partial charge >= 0.3 is 0 Å². The zero-order valence-electron chi connectivity index (χ0n) is 11.3. The lowest BCUT2D eigenvalue weighted by atomic mass is 10.1. The second kappa shape index (κ2) is 5.35. The predicted octanol–water partition coefficient (Wildman–Crippen LogP) is 1.67. The van der Waals surface area contributed by atoms with Gasteiger partial charge in [0, 0.05) is 43.8 Å². The van der Waals surface area contributed by atoms with Crippen molar-refractivity contribution in [1.82, 2.24) is 24.4 Å². The van der Waals surface area contributed by atoms with Gasteiger partial charge < -0.3 is 14.5 Å². The minimum atomic E-state index is 0.124. The summed E-state index contributed by atoms with van der Waals surface area (Å²) in [4.78, 5) is 8.26. The van der Waals surface area contributed by atoms with E-state index in [1.807, 2.05) is 25.0 Å². The molecule has 2 heterocycles. The van der Waals surface area contributed by atoms with Crippen molar-refractivity contribution in [2.45, 2.75) is 45.9 Å². The Hall–Kier alpha value is -1.62. The molecule has 0 aliphatic carbocycles. The number of aryl methyl sites for hydroxylation is 2. The molecule has 2 aromatic rings. The van der Waals surface area contributed by atoms with Gasteiger partial charge in [0.15, 0.2) is 0 Å². The van der Waals surface area contributed by atoms with Gasteiger partial charge in [0.2, 0.25) is 0 Å². The van der Waals surface area contributed by atoms with E-state index in [1.54, 1.807) is 6.20 Å². The lowest BCUT2D eigenvalue weighted by Crippen LogP contribution is -2.35. The Labute approximate surface area is 108 Å². The summed E-state index contributed by atoms with van der Waals surface area (Å²) in [5, 5.41) is 3.48. The summed E-state index contributed by atoms with van der Waals surface area (Å²) in [5.74, 6) is 0. The first-order valence-electron chi connectivity index (χ1n) is 6.24. The van der Waals surface area contributed by atoms with Gasteiger partial charge in [-0.05, 0) is 20.8 Å². The maximum atomic E-state index is 4.22. The maximum absolute atomic E-state index is 4.22. The van der Waals surface area contributed by atoms with Crippen molar-refractivity contribution in [1.29, 1.82) is 0 Å². The van der Waals surface area contributed by atoms with Crippen LogP contribution in [0.3, 0.4) is 0 Å². The van der Waals surface area contributed by atoms with E-state index in [2.05, 4.69) is 45.2 Å². The number of rotatable bonds is 5. The van der Waals surface area contributed by atoms with Gasteiger partial charge in [-0.2, -0.15) is 0 Å². The normalized spacial score (nSPS) is 11.9. The second-order valence-electron chi connectivity index (χ2n) is 5.48. The maximum Gasteiger partial charge on any atom is 0.0949 e. The molecule has 0 atom stereocenters. The fourth-order valence-electron chi connectivity index (χ4n) is 1.69. The highest BCUT2D eigenvalue weighted by Gasteiger charge is 2.10. The molecule has 0 saturated heterocycles. The van der Waals surface area contributed by atoms with Crippen molar-refractivity contribution in [2.75, 3.05) is 0 Å². The molecule has 0 fully saturated rings. The summed E-state index contributed by atoms with van der Waals surface area (Å²) >= 11 is 0. The summed E-state index contributed by atoms with van der Waals surface area (Å²) in [5.41, 5.74) is 1.34. The van der Waals surface area contributed by atoms with Crippen molar-refractivity contribution in [2.24, 2.45) is 0 Å². The molecule has 0 aromatic carbocycles. The highest BCUT2D eigenvalue weighted by Crippen LogP contribution is 2.05. The Bertz CT molecular complexity index is 464. The third-order valence-corrected chi connectivity index (χ3v) is 2.76. The molecule has 2 aromatic heterocycles. The quantitative estimate of drug-likeness (QED) is 0.874. The highest BCUT2D eigenvalue weighted by molar-refractivity contribution is 4.99. The zero-order valence-corrected chi connectivity index (χ0v) is 11.3. The van der Waals surface area contributed by atoms with Gasteiger partial charge in [0.05, 0.1) is 18.3 Å². The molecule has 0 radical (unpaired) electrons. The fraction of sp³-hybridized carbons (Fsp3) is 0.538. The van der Waals surface area contributed by atoms with E-state index in [9.17, 15) is 0 Å². The number of imidazole rings is 2. The van der Waals surface area contributed by atoms with Gasteiger partial charge in [0.25, 0.3) is 0 Å². The van der Waals surface area contributed by atoms with E-state index in [4.69, 9.17) is 0 Å². The first kappa shape index (κ1) is 12.8. The fourth-order valence-corrected chi connectivity index (χ4v) is 1.69. The Kier molecular flexibility index (Phi) is 3.81. The van der Waals surface area contributed by atoms with Crippen LogP contribution in [0, 0.1) is 0 Å². The minimum absolute atomic E-state index is 0.124. The standard InChI is InChI=1S/C13H21N5/c1-13(2,3)16-9-12-8-15-11-18(12)7-6-17-5-4-14-10-17/h4-5,8,10-11,16H,6-7,9H2,1-3H3. The van der Waals surface area contributed by atoms with Gasteiger partial charge in [-0.3, -0.25) is 0 Å². The summed E-state index contributed by atoms with van der Waals surface area (Å²) in [6, 6.07) is 0. The monoisotopic (exact) mass is 247 g/mol. The van der Waals surface area contributed by atoms with Gasteiger partial charge in [0.1, 0.15) is 0 Å². The molecular formula is C13H21N5. The summed E-state index contributed by atoms with van der Waals surface area (Å²) in [6.07, 6.45) is 9.42. The van der Waals surface area contributed by atoms with E-state index >= 15 is 0 Å². The van der Waals surface area contributed by atoms with Crippen molar-refractivity contribution < 1.29 is 0 Å².